The number of sulfonamides is 1. The lowest BCUT2D eigenvalue weighted by atomic mass is 10.2. The Hall–Kier alpha value is -2.38. The Labute approximate surface area is 192 Å². The molecule has 1 N–H and O–H groups in total. The van der Waals surface area contributed by atoms with Crippen molar-refractivity contribution in [3.05, 3.63) is 99.5 Å². The second-order valence-electron chi connectivity index (χ2n) is 7.08. The van der Waals surface area contributed by atoms with E-state index in [-0.39, 0.29) is 18.0 Å². The average molecular weight is 477 g/mol. The first-order chi connectivity index (χ1) is 14.8. The molecule has 0 saturated heterocycles. The third-order valence-corrected chi connectivity index (χ3v) is 7.07. The van der Waals surface area contributed by atoms with Gasteiger partial charge in [-0.2, -0.15) is 4.31 Å². The Morgan fingerprint density at radius 2 is 1.65 bits per heavy atom. The van der Waals surface area contributed by atoms with Gasteiger partial charge in [-0.1, -0.05) is 77.3 Å². The summed E-state index contributed by atoms with van der Waals surface area (Å²) in [6, 6.07) is 20.7. The Kier molecular flexibility index (Phi) is 7.73. The average Bonchev–Trinajstić information content (AvgIpc) is 2.74. The summed E-state index contributed by atoms with van der Waals surface area (Å²) in [5.41, 5.74) is 2.41. The number of nitrogens with zero attached hydrogens (tertiary/aromatic N) is 1. The van der Waals surface area contributed by atoms with Gasteiger partial charge in [-0.05, 0) is 42.3 Å². The standard InChI is InChI=1S/C23H22Cl2N2O3S/c1-17-7-11-21(12-8-17)31(29,30)27(15-19-9-10-20(24)13-22(19)25)16-23(28)26-14-18-5-3-2-4-6-18/h2-13H,14-16H2,1H3,(H,26,28). The molecular weight excluding hydrogens is 455 g/mol. The van der Waals surface area contributed by atoms with Crippen LogP contribution in [0.15, 0.2) is 77.7 Å². The van der Waals surface area contributed by atoms with Gasteiger partial charge in [-0.15, -0.1) is 0 Å². The number of carbonyl (C=O) groups excluding carboxylic acids is 1. The van der Waals surface area contributed by atoms with Crippen LogP contribution in [0.2, 0.25) is 10.0 Å². The Bertz CT molecular complexity index is 1150. The monoisotopic (exact) mass is 476 g/mol. The summed E-state index contributed by atoms with van der Waals surface area (Å²) < 4.78 is 27.7. The minimum atomic E-state index is -3.94. The number of benzene rings is 3. The summed E-state index contributed by atoms with van der Waals surface area (Å²) in [6.45, 7) is 1.77. The van der Waals surface area contributed by atoms with E-state index in [2.05, 4.69) is 5.32 Å². The molecule has 5 nitrogen and oxygen atoms in total. The van der Waals surface area contributed by atoms with Gasteiger partial charge in [0.05, 0.1) is 11.4 Å². The van der Waals surface area contributed by atoms with Crippen LogP contribution >= 0.6 is 23.2 Å². The zero-order chi connectivity index (χ0) is 22.4. The normalized spacial score (nSPS) is 11.5. The van der Waals surface area contributed by atoms with Gasteiger partial charge in [0.15, 0.2) is 0 Å². The highest BCUT2D eigenvalue weighted by Gasteiger charge is 2.27. The first-order valence-electron chi connectivity index (χ1n) is 9.57. The molecule has 0 aliphatic rings. The van der Waals surface area contributed by atoms with E-state index < -0.39 is 15.9 Å². The fourth-order valence-electron chi connectivity index (χ4n) is 2.94. The van der Waals surface area contributed by atoms with Crippen LogP contribution in [-0.2, 0) is 27.9 Å². The Morgan fingerprint density at radius 3 is 2.29 bits per heavy atom. The summed E-state index contributed by atoms with van der Waals surface area (Å²) in [5, 5.41) is 3.55. The number of rotatable bonds is 8. The van der Waals surface area contributed by atoms with Crippen molar-refractivity contribution in [1.29, 1.82) is 0 Å². The van der Waals surface area contributed by atoms with Crippen molar-refractivity contribution >= 4 is 39.1 Å². The van der Waals surface area contributed by atoms with Crippen LogP contribution in [0.3, 0.4) is 0 Å². The van der Waals surface area contributed by atoms with Crippen LogP contribution < -0.4 is 5.32 Å². The van der Waals surface area contributed by atoms with Crippen molar-refractivity contribution in [1.82, 2.24) is 9.62 Å². The highest BCUT2D eigenvalue weighted by Crippen LogP contribution is 2.25. The summed E-state index contributed by atoms with van der Waals surface area (Å²) in [4.78, 5) is 12.7. The minimum absolute atomic E-state index is 0.0645. The topological polar surface area (TPSA) is 66.5 Å². The van der Waals surface area contributed by atoms with Gasteiger partial charge in [0.2, 0.25) is 15.9 Å². The number of halogens is 2. The fraction of sp³-hybridized carbons (Fsp3) is 0.174. The quantitative estimate of drug-likeness (QED) is 0.507. The van der Waals surface area contributed by atoms with Crippen molar-refractivity contribution in [2.45, 2.75) is 24.9 Å². The number of aryl methyl sites for hydroxylation is 1. The van der Waals surface area contributed by atoms with E-state index in [1.54, 1.807) is 30.3 Å². The van der Waals surface area contributed by atoms with Crippen LogP contribution in [0.25, 0.3) is 0 Å². The van der Waals surface area contributed by atoms with Crippen molar-refractivity contribution < 1.29 is 13.2 Å². The fourth-order valence-corrected chi connectivity index (χ4v) is 4.78. The van der Waals surface area contributed by atoms with Crippen LogP contribution in [0, 0.1) is 6.92 Å². The van der Waals surface area contributed by atoms with E-state index in [0.717, 1.165) is 15.4 Å². The summed E-state index contributed by atoms with van der Waals surface area (Å²) in [6.07, 6.45) is 0. The van der Waals surface area contributed by atoms with Crippen LogP contribution in [0.5, 0.6) is 0 Å². The largest absolute Gasteiger partial charge is 0.351 e. The van der Waals surface area contributed by atoms with Crippen molar-refractivity contribution in [3.63, 3.8) is 0 Å². The van der Waals surface area contributed by atoms with Crippen molar-refractivity contribution in [2.75, 3.05) is 6.54 Å². The lowest BCUT2D eigenvalue weighted by Gasteiger charge is -2.22. The molecule has 0 aromatic heterocycles. The molecule has 0 fully saturated rings. The van der Waals surface area contributed by atoms with Gasteiger partial charge in [0, 0.05) is 23.1 Å². The van der Waals surface area contributed by atoms with Gasteiger partial charge in [0.25, 0.3) is 0 Å². The minimum Gasteiger partial charge on any atom is -0.351 e. The maximum absolute atomic E-state index is 13.3. The zero-order valence-electron chi connectivity index (χ0n) is 16.9. The second kappa shape index (κ2) is 10.3. The third-order valence-electron chi connectivity index (χ3n) is 4.67. The van der Waals surface area contributed by atoms with Crippen LogP contribution in [0.1, 0.15) is 16.7 Å². The zero-order valence-corrected chi connectivity index (χ0v) is 19.2. The van der Waals surface area contributed by atoms with Gasteiger partial charge >= 0.3 is 0 Å². The highest BCUT2D eigenvalue weighted by atomic mass is 35.5. The Balaban J connectivity index is 1.84. The van der Waals surface area contributed by atoms with E-state index >= 15 is 0 Å². The van der Waals surface area contributed by atoms with E-state index in [9.17, 15) is 13.2 Å². The molecule has 0 unspecified atom stereocenters. The summed E-state index contributed by atoms with van der Waals surface area (Å²) >= 11 is 12.2. The molecule has 162 valence electrons. The maximum atomic E-state index is 13.3. The molecule has 0 heterocycles. The Morgan fingerprint density at radius 1 is 0.968 bits per heavy atom. The number of nitrogens with one attached hydrogen (secondary N) is 1. The molecule has 0 atom stereocenters. The lowest BCUT2D eigenvalue weighted by Crippen LogP contribution is -2.40. The van der Waals surface area contributed by atoms with Crippen LogP contribution in [-0.4, -0.2) is 25.2 Å². The van der Waals surface area contributed by atoms with Crippen molar-refractivity contribution in [2.24, 2.45) is 0 Å². The first-order valence-corrected chi connectivity index (χ1v) is 11.8. The van der Waals surface area contributed by atoms with Crippen LogP contribution in [0.4, 0.5) is 0 Å². The molecule has 0 spiro atoms. The number of hydrogen-bond acceptors (Lipinski definition) is 3. The number of carbonyl (C=O) groups is 1. The SMILES string of the molecule is Cc1ccc(S(=O)(=O)N(CC(=O)NCc2ccccc2)Cc2ccc(Cl)cc2Cl)cc1. The molecule has 0 aliphatic heterocycles. The van der Waals surface area contributed by atoms with Gasteiger partial charge in [0.1, 0.15) is 0 Å². The number of hydrogen-bond donors (Lipinski definition) is 1. The van der Waals surface area contributed by atoms with Gasteiger partial charge in [-0.25, -0.2) is 8.42 Å². The third kappa shape index (κ3) is 6.31. The molecule has 0 bridgehead atoms. The predicted octanol–water partition coefficient (Wildman–Crippen LogP) is 4.81. The highest BCUT2D eigenvalue weighted by molar-refractivity contribution is 7.89. The molecule has 0 aliphatic carbocycles. The summed E-state index contributed by atoms with van der Waals surface area (Å²) in [5.74, 6) is -0.412. The van der Waals surface area contributed by atoms with Crippen molar-refractivity contribution in [3.8, 4) is 0 Å². The van der Waals surface area contributed by atoms with E-state index in [4.69, 9.17) is 23.2 Å². The molecular formula is C23H22Cl2N2O3S. The maximum Gasteiger partial charge on any atom is 0.243 e. The summed E-state index contributed by atoms with van der Waals surface area (Å²) in [7, 11) is -3.94. The molecule has 3 aromatic carbocycles. The molecule has 3 aromatic rings. The van der Waals surface area contributed by atoms with E-state index in [0.29, 0.717) is 22.2 Å². The molecule has 0 saturated carbocycles. The first kappa shape index (κ1) is 23.3. The molecule has 0 radical (unpaired) electrons. The van der Waals surface area contributed by atoms with E-state index in [1.807, 2.05) is 37.3 Å². The smallest absolute Gasteiger partial charge is 0.243 e. The second-order valence-corrected chi connectivity index (χ2v) is 9.87. The lowest BCUT2D eigenvalue weighted by molar-refractivity contribution is -0.121. The molecule has 3 rings (SSSR count). The van der Waals surface area contributed by atoms with Gasteiger partial charge < -0.3 is 5.32 Å². The molecule has 8 heteroatoms. The predicted molar refractivity (Wildman–Crippen MR) is 124 cm³/mol. The van der Waals surface area contributed by atoms with Gasteiger partial charge in [-0.3, -0.25) is 4.79 Å². The van der Waals surface area contributed by atoms with E-state index in [1.165, 1.54) is 12.1 Å². The molecule has 31 heavy (non-hydrogen) atoms. The number of amides is 1. The molecule has 1 amide bonds.